The Hall–Kier alpha value is -10.5. The van der Waals surface area contributed by atoms with E-state index in [0.29, 0.717) is 12.1 Å². The van der Waals surface area contributed by atoms with Gasteiger partial charge in [-0.05, 0) is 144 Å². The van der Waals surface area contributed by atoms with Gasteiger partial charge in [0.05, 0.1) is 10.0 Å². The SMILES string of the molecule is N[C@H]1C(=O)N[C@@H]2Cc3ccc(c(Cl)c3)Oc3cc4cc(c3O)Oc3ccc(cc3Cl)[C@@H](O)[C@@H]3NC(=O)[C@H](NC(=O)[C@@H]4NC(=O)[C@@H](NC2=O)c2cc(O)cc(c2)Oc2cc1ccc2O)c1ccc(O)c(c1)-c1c(O)cc(O)cc1[C@@H](C(=O)NCCN1CCCC1)NC3=O. The highest BCUT2D eigenvalue weighted by Gasteiger charge is 2.41. The van der Waals surface area contributed by atoms with Gasteiger partial charge < -0.3 is 97.8 Å². The fourth-order valence-electron chi connectivity index (χ4n) is 11.7. The van der Waals surface area contributed by atoms with E-state index < -0.39 is 136 Å². The number of fused-ring (bicyclic) bond motifs is 14. The van der Waals surface area contributed by atoms with E-state index in [2.05, 4.69) is 42.1 Å². The molecule has 0 unspecified atom stereocenters. The number of phenols is 6. The van der Waals surface area contributed by atoms with E-state index in [1.807, 2.05) is 0 Å². The number of nitrogens with zero attached hydrogens (tertiary/aromatic N) is 1. The number of carbonyl (C=O) groups is 7. The Balaban J connectivity index is 1.05. The van der Waals surface area contributed by atoms with Crippen molar-refractivity contribution in [2.45, 2.75) is 67.7 Å². The maximum absolute atomic E-state index is 15.9. The molecule has 14 rings (SSSR count). The molecule has 7 aliphatic rings. The second kappa shape index (κ2) is 25.0. The molecule has 92 heavy (non-hydrogen) atoms. The van der Waals surface area contributed by atoms with Crippen molar-refractivity contribution in [3.8, 4) is 80.1 Å². The number of benzene rings is 7. The summed E-state index contributed by atoms with van der Waals surface area (Å²) in [4.78, 5) is 108. The van der Waals surface area contributed by atoms with E-state index in [1.54, 1.807) is 0 Å². The Morgan fingerprint density at radius 1 is 0.543 bits per heavy atom. The number of hydrogen-bond acceptors (Lipinski definition) is 19. The number of aliphatic hydroxyl groups is 1. The number of aliphatic hydroxyl groups excluding tert-OH is 1. The molecule has 1 saturated heterocycles. The van der Waals surface area contributed by atoms with Gasteiger partial charge in [0.15, 0.2) is 23.0 Å². The summed E-state index contributed by atoms with van der Waals surface area (Å²) < 4.78 is 18.6. The molecule has 0 saturated carbocycles. The molecule has 7 heterocycles. The van der Waals surface area contributed by atoms with Gasteiger partial charge in [0, 0.05) is 42.8 Å². The molecule has 16 N–H and O–H groups in total. The largest absolute Gasteiger partial charge is 0.508 e. The predicted molar refractivity (Wildman–Crippen MR) is 326 cm³/mol. The number of aromatic hydroxyl groups is 6. The van der Waals surface area contributed by atoms with Crippen LogP contribution in [-0.2, 0) is 40.0 Å². The highest BCUT2D eigenvalue weighted by atomic mass is 35.5. The van der Waals surface area contributed by atoms with Crippen LogP contribution in [-0.4, -0.2) is 120 Å². The van der Waals surface area contributed by atoms with Crippen molar-refractivity contribution in [3.63, 3.8) is 0 Å². The van der Waals surface area contributed by atoms with Crippen LogP contribution in [0.2, 0.25) is 10.0 Å². The van der Waals surface area contributed by atoms with Crippen LogP contribution in [0.3, 0.4) is 0 Å². The Kier molecular flexibility index (Phi) is 16.8. The molecule has 474 valence electrons. The fourth-order valence-corrected chi connectivity index (χ4v) is 12.2. The number of halogens is 2. The first-order valence-corrected chi connectivity index (χ1v) is 29.6. The van der Waals surface area contributed by atoms with E-state index in [1.165, 1.54) is 72.8 Å². The molecular weight excluding hydrogens is 1240 g/mol. The Labute approximate surface area is 531 Å². The van der Waals surface area contributed by atoms with Crippen LogP contribution >= 0.6 is 23.2 Å². The number of phenolic OH excluding ortho intramolecular Hbond substituents is 6. The van der Waals surface area contributed by atoms with Gasteiger partial charge in [0.25, 0.3) is 0 Å². The predicted octanol–water partition coefficient (Wildman–Crippen LogP) is 5.11. The van der Waals surface area contributed by atoms with Gasteiger partial charge in [-0.15, -0.1) is 0 Å². The molecule has 7 amide bonds. The summed E-state index contributed by atoms with van der Waals surface area (Å²) in [5.74, 6) is -13.3. The zero-order valence-electron chi connectivity index (χ0n) is 48.0. The van der Waals surface area contributed by atoms with Crippen LogP contribution in [0.15, 0.2) is 115 Å². The van der Waals surface area contributed by atoms with Gasteiger partial charge in [-0.3, -0.25) is 33.6 Å². The van der Waals surface area contributed by atoms with Crippen molar-refractivity contribution in [3.05, 3.63) is 164 Å². The van der Waals surface area contributed by atoms with Crippen LogP contribution in [0.4, 0.5) is 0 Å². The molecule has 0 aliphatic carbocycles. The molecule has 7 aliphatic heterocycles. The van der Waals surface area contributed by atoms with E-state index in [9.17, 15) is 50.1 Å². The number of amides is 7. The molecule has 0 spiro atoms. The van der Waals surface area contributed by atoms with Gasteiger partial charge in [-0.25, -0.2) is 0 Å². The average Bonchev–Trinajstić information content (AvgIpc) is 0.897. The third-order valence-electron chi connectivity index (χ3n) is 16.4. The monoisotopic (exact) mass is 1290 g/mol. The Bertz CT molecular complexity index is 4220. The van der Waals surface area contributed by atoms with E-state index >= 15 is 19.2 Å². The highest BCUT2D eigenvalue weighted by molar-refractivity contribution is 6.32. The van der Waals surface area contributed by atoms with E-state index in [0.717, 1.165) is 68.4 Å². The van der Waals surface area contributed by atoms with Crippen molar-refractivity contribution >= 4 is 64.6 Å². The Morgan fingerprint density at radius 3 is 1.84 bits per heavy atom. The minimum atomic E-state index is -2.15. The first-order chi connectivity index (χ1) is 44.0. The maximum atomic E-state index is 15.9. The summed E-state index contributed by atoms with van der Waals surface area (Å²) in [6.45, 7) is 2.04. The van der Waals surface area contributed by atoms with Crippen LogP contribution in [0, 0.1) is 0 Å². The molecule has 0 aromatic heterocycles. The average molecular weight is 1300 g/mol. The lowest BCUT2D eigenvalue weighted by Gasteiger charge is -2.31. The quantitative estimate of drug-likeness (QED) is 0.109. The van der Waals surface area contributed by atoms with Crippen molar-refractivity contribution in [1.82, 2.24) is 42.1 Å². The van der Waals surface area contributed by atoms with Crippen LogP contribution in [0.25, 0.3) is 11.1 Å². The molecule has 8 atom stereocenters. The van der Waals surface area contributed by atoms with Gasteiger partial charge in [-0.1, -0.05) is 47.5 Å². The molecule has 0 radical (unpaired) electrons. The molecule has 7 aromatic carbocycles. The third-order valence-corrected chi connectivity index (χ3v) is 17.0. The molecule has 1 fully saturated rings. The zero-order chi connectivity index (χ0) is 65.0. The summed E-state index contributed by atoms with van der Waals surface area (Å²) in [5.41, 5.74) is 5.11. The Morgan fingerprint density at radius 2 is 1.14 bits per heavy atom. The summed E-state index contributed by atoms with van der Waals surface area (Å²) in [5, 5.41) is 99.3. The zero-order valence-corrected chi connectivity index (χ0v) is 49.5. The second-order valence-corrected chi connectivity index (χ2v) is 23.4. The molecule has 7 aromatic rings. The van der Waals surface area contributed by atoms with Gasteiger partial charge in [0.1, 0.15) is 88.6 Å². The fraction of sp³-hybridized carbons (Fsp3) is 0.234. The van der Waals surface area contributed by atoms with Crippen molar-refractivity contribution in [2.24, 2.45) is 5.73 Å². The van der Waals surface area contributed by atoms with Gasteiger partial charge in [0.2, 0.25) is 47.1 Å². The van der Waals surface area contributed by atoms with Crippen molar-refractivity contribution < 1.29 is 83.5 Å². The molecule has 26 nitrogen and oxygen atoms in total. The topological polar surface area (TPSA) is 402 Å². The molecular formula is C64H57Cl2N9O17. The lowest BCUT2D eigenvalue weighted by Crippen LogP contribution is -2.56. The van der Waals surface area contributed by atoms with E-state index in [-0.39, 0.29) is 90.5 Å². The second-order valence-electron chi connectivity index (χ2n) is 22.6. The lowest BCUT2D eigenvalue weighted by molar-refractivity contribution is -0.137. The molecule has 28 heteroatoms. The number of rotatable bonds is 4. The minimum absolute atomic E-state index is 0.0701. The van der Waals surface area contributed by atoms with Crippen LogP contribution < -0.4 is 57.2 Å². The third kappa shape index (κ3) is 12.4. The number of likely N-dealkylation sites (tertiary alicyclic amines) is 1. The normalized spacial score (nSPS) is 22.3. The van der Waals surface area contributed by atoms with Crippen molar-refractivity contribution in [2.75, 3.05) is 26.2 Å². The summed E-state index contributed by atoms with van der Waals surface area (Å²) in [6.07, 6.45) is -0.509. The first-order valence-electron chi connectivity index (χ1n) is 28.8. The summed E-state index contributed by atoms with van der Waals surface area (Å²) in [7, 11) is 0. The van der Waals surface area contributed by atoms with Crippen LogP contribution in [0.1, 0.15) is 88.1 Å². The first kappa shape index (κ1) is 61.7. The smallest absolute Gasteiger partial charge is 0.248 e. The number of carbonyl (C=O) groups excluding carboxylic acids is 7. The number of ether oxygens (including phenoxy) is 3. The maximum Gasteiger partial charge on any atom is 0.248 e. The van der Waals surface area contributed by atoms with E-state index in [4.69, 9.17) is 43.1 Å². The lowest BCUT2D eigenvalue weighted by atomic mass is 9.89. The standard InChI is InChI=1S/C64H57Cl2N9O17/c65-38-15-27-3-9-44(38)91-47-22-32-23-48(57(47)82)92-45-10-6-30(20-39(45)66)56(81)55-64(89)73-54(60(85)68-11-14-75-12-1-2-13-75)37-25-34(77)26-43(80)49(37)36-19-29(5-7-41(36)78)51(61(86)74-55)71-63(88)53(32)72-62(87)52-31-17-33(76)24-35(18-31)90-46-21-28(4-8-42(46)79)50(67)59(84)69-40(16-27)58(83)70-52/h3-10,15,17-26,40,50-56,76-82H,1-2,11-14,16,67H2,(H,68,85)(H,69,84)(H,70,83)(H,71,88)(H,72,87)(H,73,89)(H,74,86)/t40-,50-,51-,52+,53-,54+,55+,56-/m1/s1. The highest BCUT2D eigenvalue weighted by Crippen LogP contribution is 2.48. The van der Waals surface area contributed by atoms with Crippen LogP contribution in [0.5, 0.6) is 69.0 Å². The summed E-state index contributed by atoms with van der Waals surface area (Å²) >= 11 is 13.8. The minimum Gasteiger partial charge on any atom is -0.508 e. The van der Waals surface area contributed by atoms with Gasteiger partial charge >= 0.3 is 0 Å². The summed E-state index contributed by atoms with van der Waals surface area (Å²) in [6, 6.07) is 9.54. The van der Waals surface area contributed by atoms with Crippen molar-refractivity contribution in [1.29, 1.82) is 0 Å². The molecule has 17 bridgehead atoms. The number of hydrogen-bond donors (Lipinski definition) is 15. The van der Waals surface area contributed by atoms with Gasteiger partial charge in [-0.2, -0.15) is 0 Å². The number of nitrogens with one attached hydrogen (secondary N) is 7. The number of nitrogens with two attached hydrogens (primary N) is 1.